The van der Waals surface area contributed by atoms with Crippen LogP contribution < -0.4 is 16.6 Å². The first-order valence-electron chi connectivity index (χ1n) is 7.76. The van der Waals surface area contributed by atoms with Gasteiger partial charge in [-0.2, -0.15) is 0 Å². The van der Waals surface area contributed by atoms with E-state index >= 15 is 0 Å². The summed E-state index contributed by atoms with van der Waals surface area (Å²) in [6.07, 6.45) is 1.61. The minimum Gasteiger partial charge on any atom is -0.352 e. The maximum Gasteiger partial charge on any atom is 0.312 e. The molecule has 0 spiro atoms. The Morgan fingerprint density at radius 3 is 2.65 bits per heavy atom. The van der Waals surface area contributed by atoms with Crippen LogP contribution in [0.3, 0.4) is 0 Å². The predicted octanol–water partition coefficient (Wildman–Crippen LogP) is 2.67. The number of benzene rings is 1. The Balaban J connectivity index is 2.52. The molecule has 0 saturated heterocycles. The summed E-state index contributed by atoms with van der Waals surface area (Å²) in [5.41, 5.74) is 5.73. The normalized spacial score (nSPS) is 10.8. The number of carbonyl (C=O) groups excluding carboxylic acids is 1. The summed E-state index contributed by atoms with van der Waals surface area (Å²) in [6.45, 7) is 3.95. The van der Waals surface area contributed by atoms with Crippen LogP contribution in [0.1, 0.15) is 18.1 Å². The van der Waals surface area contributed by atoms with Crippen molar-refractivity contribution in [2.24, 2.45) is 16.0 Å². The highest BCUT2D eigenvalue weighted by Crippen LogP contribution is 2.28. The van der Waals surface area contributed by atoms with Crippen LogP contribution in [0, 0.1) is 17.0 Å². The number of nitrogens with one attached hydrogen (secondary N) is 1. The molecule has 2 rings (SSSR count). The van der Waals surface area contributed by atoms with E-state index in [0.717, 1.165) is 0 Å². The quantitative estimate of drug-likeness (QED) is 0.464. The molecule has 1 aromatic heterocycles. The fourth-order valence-electron chi connectivity index (χ4n) is 2.31. The van der Waals surface area contributed by atoms with E-state index in [9.17, 15) is 19.7 Å². The van der Waals surface area contributed by atoms with Gasteiger partial charge in [0.05, 0.1) is 4.92 Å². The summed E-state index contributed by atoms with van der Waals surface area (Å²) in [6, 6.07) is 5.16. The smallest absolute Gasteiger partial charge is 0.312 e. The monoisotopic (exact) mass is 358 g/mol. The summed E-state index contributed by atoms with van der Waals surface area (Å²) in [5.74, 6) is 0. The number of aryl methyl sites for hydroxylation is 1. The van der Waals surface area contributed by atoms with Crippen LogP contribution >= 0.6 is 0 Å². The van der Waals surface area contributed by atoms with Crippen molar-refractivity contribution < 1.29 is 9.72 Å². The number of rotatable bonds is 6. The van der Waals surface area contributed by atoms with Crippen LogP contribution in [0.5, 0.6) is 0 Å². The Hall–Kier alpha value is -3.56. The van der Waals surface area contributed by atoms with E-state index in [1.807, 2.05) is 0 Å². The van der Waals surface area contributed by atoms with Crippen molar-refractivity contribution in [2.75, 3.05) is 0 Å². The molecular weight excluding hydrogens is 340 g/mol. The molecular formula is C16H18N6O4. The number of hydrogen-bond acceptors (Lipinski definition) is 6. The second-order valence-corrected chi connectivity index (χ2v) is 5.38. The summed E-state index contributed by atoms with van der Waals surface area (Å²) >= 11 is 0. The zero-order valence-electron chi connectivity index (χ0n) is 14.3. The average molecular weight is 358 g/mol. The molecule has 1 heterocycles. The maximum absolute atomic E-state index is 12.5. The molecule has 136 valence electrons. The number of nitro groups is 1. The van der Waals surface area contributed by atoms with Crippen molar-refractivity contribution >= 4 is 23.1 Å². The molecule has 0 saturated carbocycles. The van der Waals surface area contributed by atoms with Crippen LogP contribution in [0.2, 0.25) is 0 Å². The topological polar surface area (TPSA) is 145 Å². The van der Waals surface area contributed by atoms with Crippen LogP contribution in [0.15, 0.2) is 45.5 Å². The number of hydrogen-bond donors (Lipinski definition) is 2. The number of urea groups is 1. The molecule has 0 radical (unpaired) electrons. The summed E-state index contributed by atoms with van der Waals surface area (Å²) < 4.78 is 1.42. The number of primary amides is 1. The van der Waals surface area contributed by atoms with E-state index in [2.05, 4.69) is 15.5 Å². The van der Waals surface area contributed by atoms with Gasteiger partial charge in [-0.3, -0.25) is 14.9 Å². The number of nitro benzene ring substituents is 1. The number of nitrogens with zero attached hydrogens (tertiary/aromatic N) is 4. The van der Waals surface area contributed by atoms with Crippen molar-refractivity contribution in [3.63, 3.8) is 0 Å². The van der Waals surface area contributed by atoms with Crippen molar-refractivity contribution in [1.29, 1.82) is 0 Å². The van der Waals surface area contributed by atoms with Crippen molar-refractivity contribution in [1.82, 2.24) is 9.88 Å². The third kappa shape index (κ3) is 4.09. The second kappa shape index (κ2) is 8.01. The lowest BCUT2D eigenvalue weighted by Gasteiger charge is -2.12. The minimum atomic E-state index is -0.693. The van der Waals surface area contributed by atoms with E-state index in [1.165, 1.54) is 22.8 Å². The van der Waals surface area contributed by atoms with Gasteiger partial charge in [0.15, 0.2) is 11.4 Å². The molecule has 3 N–H and O–H groups in total. The molecule has 0 atom stereocenters. The SMILES string of the molecule is CCn1cc(CNC(N)=O)c(C)c(N=Nc2ccccc2[N+](=O)[O-])c1=O. The fourth-order valence-corrected chi connectivity index (χ4v) is 2.31. The third-order valence-electron chi connectivity index (χ3n) is 3.74. The Morgan fingerprint density at radius 2 is 2.04 bits per heavy atom. The Morgan fingerprint density at radius 1 is 1.35 bits per heavy atom. The first-order valence-corrected chi connectivity index (χ1v) is 7.76. The molecule has 2 amide bonds. The maximum atomic E-state index is 12.5. The first-order chi connectivity index (χ1) is 12.3. The first kappa shape index (κ1) is 18.8. The number of azo groups is 1. The van der Waals surface area contributed by atoms with Crippen LogP contribution in [0.4, 0.5) is 21.9 Å². The molecule has 0 aliphatic heterocycles. The highest BCUT2D eigenvalue weighted by Gasteiger charge is 2.15. The summed E-state index contributed by atoms with van der Waals surface area (Å²) in [4.78, 5) is 33.9. The average Bonchev–Trinajstić information content (AvgIpc) is 2.61. The van der Waals surface area contributed by atoms with Crippen LogP contribution in [-0.2, 0) is 13.1 Å². The molecule has 0 unspecified atom stereocenters. The summed E-state index contributed by atoms with van der Waals surface area (Å²) in [7, 11) is 0. The summed E-state index contributed by atoms with van der Waals surface area (Å²) in [5, 5.41) is 21.4. The molecule has 2 aromatic rings. The van der Waals surface area contributed by atoms with Crippen molar-refractivity contribution in [3.05, 3.63) is 62.1 Å². The predicted molar refractivity (Wildman–Crippen MR) is 94.8 cm³/mol. The zero-order chi connectivity index (χ0) is 19.3. The second-order valence-electron chi connectivity index (χ2n) is 5.38. The third-order valence-corrected chi connectivity index (χ3v) is 3.74. The van der Waals surface area contributed by atoms with Gasteiger partial charge < -0.3 is 15.6 Å². The number of pyridine rings is 1. The molecule has 0 fully saturated rings. The van der Waals surface area contributed by atoms with Gasteiger partial charge in [-0.05, 0) is 31.0 Å². The number of amides is 2. The van der Waals surface area contributed by atoms with Crippen molar-refractivity contribution in [2.45, 2.75) is 26.9 Å². The number of carbonyl (C=O) groups is 1. The van der Waals surface area contributed by atoms with E-state index in [0.29, 0.717) is 17.7 Å². The van der Waals surface area contributed by atoms with Gasteiger partial charge in [0.25, 0.3) is 11.2 Å². The minimum absolute atomic E-state index is 0.0417. The van der Waals surface area contributed by atoms with Gasteiger partial charge >= 0.3 is 6.03 Å². The lowest BCUT2D eigenvalue weighted by Crippen LogP contribution is -2.30. The Bertz CT molecular complexity index is 935. The molecule has 0 aliphatic carbocycles. The Labute approximate surface area is 148 Å². The van der Waals surface area contributed by atoms with Gasteiger partial charge in [-0.25, -0.2) is 4.79 Å². The van der Waals surface area contributed by atoms with Crippen molar-refractivity contribution in [3.8, 4) is 0 Å². The number of aromatic nitrogens is 1. The van der Waals surface area contributed by atoms with E-state index in [-0.39, 0.29) is 29.2 Å². The van der Waals surface area contributed by atoms with E-state index in [4.69, 9.17) is 5.73 Å². The lowest BCUT2D eigenvalue weighted by atomic mass is 10.1. The lowest BCUT2D eigenvalue weighted by molar-refractivity contribution is -0.384. The highest BCUT2D eigenvalue weighted by molar-refractivity contribution is 5.71. The Kier molecular flexibility index (Phi) is 5.78. The fraction of sp³-hybridized carbons (Fsp3) is 0.250. The molecule has 26 heavy (non-hydrogen) atoms. The molecule has 1 aromatic carbocycles. The van der Waals surface area contributed by atoms with Gasteiger partial charge in [0.1, 0.15) is 0 Å². The largest absolute Gasteiger partial charge is 0.352 e. The van der Waals surface area contributed by atoms with Gasteiger partial charge in [0, 0.05) is 25.4 Å². The van der Waals surface area contributed by atoms with Gasteiger partial charge in [-0.15, -0.1) is 10.2 Å². The van der Waals surface area contributed by atoms with Gasteiger partial charge in [0.2, 0.25) is 0 Å². The molecule has 0 bridgehead atoms. The number of nitrogens with two attached hydrogens (primary N) is 1. The molecule has 10 nitrogen and oxygen atoms in total. The van der Waals surface area contributed by atoms with Crippen LogP contribution in [0.25, 0.3) is 0 Å². The number of para-hydroxylation sites is 1. The molecule has 0 aliphatic rings. The molecule has 10 heteroatoms. The van der Waals surface area contributed by atoms with E-state index < -0.39 is 11.0 Å². The highest BCUT2D eigenvalue weighted by atomic mass is 16.6. The standard InChI is InChI=1S/C16H18N6O4/c1-3-21-9-11(8-18-16(17)24)10(2)14(15(21)23)20-19-12-6-4-5-7-13(12)22(25)26/h4-7,9H,3,8H2,1-2H3,(H3,17,18,24). The van der Waals surface area contributed by atoms with Gasteiger partial charge in [-0.1, -0.05) is 12.1 Å². The van der Waals surface area contributed by atoms with E-state index in [1.54, 1.807) is 26.1 Å². The zero-order valence-corrected chi connectivity index (χ0v) is 14.3. The van der Waals surface area contributed by atoms with Crippen LogP contribution in [-0.4, -0.2) is 15.5 Å².